The predicted octanol–water partition coefficient (Wildman–Crippen LogP) is 8.07. The maximum absolute atomic E-state index is 13.2. The Bertz CT molecular complexity index is 1450. The van der Waals surface area contributed by atoms with E-state index in [0.717, 1.165) is 16.8 Å². The molecule has 44 heavy (non-hydrogen) atoms. The van der Waals surface area contributed by atoms with Crippen LogP contribution in [0.2, 0.25) is 0 Å². The summed E-state index contributed by atoms with van der Waals surface area (Å²) in [5, 5.41) is 3.53. The lowest BCUT2D eigenvalue weighted by atomic mass is 9.72. The first-order valence-corrected chi connectivity index (χ1v) is 14.5. The van der Waals surface area contributed by atoms with Crippen LogP contribution < -0.4 is 19.4 Å². The number of pyridine rings is 3. The molecule has 1 unspecified atom stereocenters. The Kier molecular flexibility index (Phi) is 11.7. The highest BCUT2D eigenvalue weighted by Gasteiger charge is 2.39. The maximum atomic E-state index is 13.2. The van der Waals surface area contributed by atoms with Crippen molar-refractivity contribution in [3.8, 4) is 11.5 Å². The van der Waals surface area contributed by atoms with Crippen molar-refractivity contribution in [2.75, 3.05) is 5.32 Å². The summed E-state index contributed by atoms with van der Waals surface area (Å²) in [6, 6.07) is 17.7. The third-order valence-corrected chi connectivity index (χ3v) is 7.79. The van der Waals surface area contributed by atoms with Crippen molar-refractivity contribution in [1.82, 2.24) is 9.97 Å². The SMILES string of the molecule is CC.C[n+]1ccc(CC(c2ccc(NC(C)(C)C(C)(C)c3ccccn3)nc2)c2ccc(OC(F)F)c(OC(F)F)c2)cc1. The van der Waals surface area contributed by atoms with Crippen LogP contribution in [0.1, 0.15) is 69.8 Å². The number of nitrogens with one attached hydrogen (secondary N) is 1. The smallest absolute Gasteiger partial charge is 0.387 e. The van der Waals surface area contributed by atoms with E-state index in [1.165, 1.54) is 12.1 Å². The van der Waals surface area contributed by atoms with E-state index in [4.69, 9.17) is 4.98 Å². The van der Waals surface area contributed by atoms with E-state index in [1.54, 1.807) is 18.5 Å². The quantitative estimate of drug-likeness (QED) is 0.129. The van der Waals surface area contributed by atoms with Gasteiger partial charge in [0.2, 0.25) is 0 Å². The summed E-state index contributed by atoms with van der Waals surface area (Å²) in [5.41, 5.74) is 2.54. The lowest BCUT2D eigenvalue weighted by molar-refractivity contribution is -0.671. The third kappa shape index (κ3) is 8.67. The fraction of sp³-hybridized carbons (Fsp3) is 0.382. The minimum Gasteiger partial charge on any atom is -0.431 e. The first kappa shape index (κ1) is 34.3. The molecule has 4 aromatic rings. The van der Waals surface area contributed by atoms with Gasteiger partial charge in [-0.2, -0.15) is 17.6 Å². The van der Waals surface area contributed by atoms with E-state index in [9.17, 15) is 17.6 Å². The van der Waals surface area contributed by atoms with Gasteiger partial charge in [0.25, 0.3) is 0 Å². The predicted molar refractivity (Wildman–Crippen MR) is 163 cm³/mol. The molecule has 1 N–H and O–H groups in total. The summed E-state index contributed by atoms with van der Waals surface area (Å²) in [6.07, 6.45) is 7.83. The highest BCUT2D eigenvalue weighted by atomic mass is 19.3. The summed E-state index contributed by atoms with van der Waals surface area (Å²) in [6.45, 7) is 6.01. The normalized spacial score (nSPS) is 12.4. The number of aryl methyl sites for hydroxylation is 1. The van der Waals surface area contributed by atoms with E-state index < -0.39 is 30.3 Å². The first-order valence-electron chi connectivity index (χ1n) is 14.5. The number of aromatic nitrogens is 3. The van der Waals surface area contributed by atoms with Crippen molar-refractivity contribution in [1.29, 1.82) is 0 Å². The molecule has 6 nitrogen and oxygen atoms in total. The van der Waals surface area contributed by atoms with E-state index in [0.29, 0.717) is 17.8 Å². The fourth-order valence-corrected chi connectivity index (χ4v) is 4.67. The molecule has 4 rings (SSSR count). The van der Waals surface area contributed by atoms with E-state index in [2.05, 4.69) is 47.5 Å². The van der Waals surface area contributed by atoms with Crippen molar-refractivity contribution in [3.05, 3.63) is 108 Å². The number of anilines is 1. The van der Waals surface area contributed by atoms with Gasteiger partial charge in [-0.25, -0.2) is 9.55 Å². The zero-order valence-corrected chi connectivity index (χ0v) is 26.2. The minimum atomic E-state index is -3.21. The molecule has 0 fully saturated rings. The Hall–Kier alpha value is -4.21. The molecule has 0 spiro atoms. The average Bonchev–Trinajstić information content (AvgIpc) is 2.99. The molecule has 1 atom stereocenters. The molecule has 0 aliphatic carbocycles. The third-order valence-electron chi connectivity index (χ3n) is 7.79. The van der Waals surface area contributed by atoms with Crippen LogP contribution in [0, 0.1) is 0 Å². The van der Waals surface area contributed by atoms with Crippen LogP contribution in [0.3, 0.4) is 0 Å². The second-order valence-electron chi connectivity index (χ2n) is 11.2. The Balaban J connectivity index is 0.00000259. The molecule has 3 aromatic heterocycles. The maximum Gasteiger partial charge on any atom is 0.387 e. The van der Waals surface area contributed by atoms with Gasteiger partial charge >= 0.3 is 13.2 Å². The van der Waals surface area contributed by atoms with Crippen molar-refractivity contribution >= 4 is 5.82 Å². The molecule has 10 heteroatoms. The van der Waals surface area contributed by atoms with E-state index >= 15 is 0 Å². The van der Waals surface area contributed by atoms with Crippen LogP contribution in [-0.2, 0) is 18.9 Å². The van der Waals surface area contributed by atoms with Gasteiger partial charge in [-0.05, 0) is 67.3 Å². The number of ether oxygens (including phenoxy) is 2. The Morgan fingerprint density at radius 3 is 2.00 bits per heavy atom. The first-order chi connectivity index (χ1) is 20.9. The second kappa shape index (κ2) is 15.0. The molecule has 236 valence electrons. The van der Waals surface area contributed by atoms with E-state index in [-0.39, 0.29) is 11.3 Å². The largest absolute Gasteiger partial charge is 0.431 e. The van der Waals surface area contributed by atoms with Crippen molar-refractivity contribution in [3.63, 3.8) is 0 Å². The monoisotopic (exact) mass is 613 g/mol. The van der Waals surface area contributed by atoms with Crippen molar-refractivity contribution in [2.24, 2.45) is 7.05 Å². The number of nitrogens with zero attached hydrogens (tertiary/aromatic N) is 3. The van der Waals surface area contributed by atoms with Crippen molar-refractivity contribution < 1.29 is 31.6 Å². The van der Waals surface area contributed by atoms with Gasteiger partial charge in [-0.15, -0.1) is 0 Å². The summed E-state index contributed by atoms with van der Waals surface area (Å²) >= 11 is 0. The highest BCUT2D eigenvalue weighted by molar-refractivity contribution is 5.48. The summed E-state index contributed by atoms with van der Waals surface area (Å²) < 4.78 is 63.0. The van der Waals surface area contributed by atoms with Gasteiger partial charge < -0.3 is 14.8 Å². The lowest BCUT2D eigenvalue weighted by Crippen LogP contribution is -2.49. The van der Waals surface area contributed by atoms with Crippen LogP contribution >= 0.6 is 0 Å². The van der Waals surface area contributed by atoms with Gasteiger partial charge in [0.05, 0.1) is 0 Å². The standard InChI is InChI=1S/C32H35F4N4O2.C2H6/c1-31(2,27-8-6-7-15-37-27)32(3,4)39-28-12-10-23(20-38-28)24(18-21-13-16-40(5)17-14-21)22-9-11-25(41-29(33)34)26(19-22)42-30(35)36;1-2/h6-17,19-20,24,29-30H,18H2,1-5H3,(H,38,39);1-2H3/q+1;. The van der Waals surface area contributed by atoms with Gasteiger partial charge in [-0.3, -0.25) is 4.98 Å². The molecule has 0 amide bonds. The molecule has 0 saturated heterocycles. The molecule has 0 saturated carbocycles. The zero-order chi connectivity index (χ0) is 32.5. The second-order valence-corrected chi connectivity index (χ2v) is 11.2. The van der Waals surface area contributed by atoms with Crippen molar-refractivity contribution in [2.45, 2.75) is 78.1 Å². The number of hydrogen-bond donors (Lipinski definition) is 1. The van der Waals surface area contributed by atoms with Gasteiger partial charge in [0.1, 0.15) is 12.9 Å². The zero-order valence-electron chi connectivity index (χ0n) is 26.2. The summed E-state index contributed by atoms with van der Waals surface area (Å²) in [4.78, 5) is 9.24. The molecule has 0 aliphatic rings. The van der Waals surface area contributed by atoms with E-state index in [1.807, 2.05) is 80.3 Å². The Morgan fingerprint density at radius 2 is 1.43 bits per heavy atom. The fourth-order valence-electron chi connectivity index (χ4n) is 4.67. The molecule has 1 aromatic carbocycles. The van der Waals surface area contributed by atoms with Gasteiger partial charge in [0.15, 0.2) is 23.9 Å². The number of hydrogen-bond acceptors (Lipinski definition) is 5. The van der Waals surface area contributed by atoms with Crippen LogP contribution in [-0.4, -0.2) is 28.7 Å². The summed E-state index contributed by atoms with van der Waals surface area (Å²) in [5.74, 6) is -0.620. The van der Waals surface area contributed by atoms with Crippen LogP contribution in [0.5, 0.6) is 11.5 Å². The van der Waals surface area contributed by atoms with Gasteiger partial charge in [-0.1, -0.05) is 45.9 Å². The Labute approximate surface area is 257 Å². The molecule has 0 bridgehead atoms. The Morgan fingerprint density at radius 1 is 0.795 bits per heavy atom. The van der Waals surface area contributed by atoms with Crippen LogP contribution in [0.25, 0.3) is 0 Å². The molecule has 0 aliphatic heterocycles. The minimum absolute atomic E-state index is 0.344. The molecule has 3 heterocycles. The highest BCUT2D eigenvalue weighted by Crippen LogP contribution is 2.38. The van der Waals surface area contributed by atoms with Crippen LogP contribution in [0.4, 0.5) is 23.4 Å². The van der Waals surface area contributed by atoms with Gasteiger partial charge in [0, 0.05) is 47.1 Å². The molecular formula is C34H41F4N4O2+. The number of benzene rings is 1. The van der Waals surface area contributed by atoms with Crippen LogP contribution in [0.15, 0.2) is 85.5 Å². The molecule has 0 radical (unpaired) electrons. The topological polar surface area (TPSA) is 60.2 Å². The lowest BCUT2D eigenvalue weighted by Gasteiger charge is -2.42. The number of alkyl halides is 4. The summed E-state index contributed by atoms with van der Waals surface area (Å²) in [7, 11) is 1.91. The molecular weight excluding hydrogens is 572 g/mol. The number of rotatable bonds is 12. The number of halogens is 4. The average molecular weight is 614 g/mol.